The first kappa shape index (κ1) is 15.7. The predicted molar refractivity (Wildman–Crippen MR) is 85.3 cm³/mol. The number of nitrogens with zero attached hydrogens (tertiary/aromatic N) is 2. The Morgan fingerprint density at radius 2 is 2.25 bits per heavy atom. The van der Waals surface area contributed by atoms with Crippen LogP contribution < -0.4 is 0 Å². The van der Waals surface area contributed by atoms with Crippen LogP contribution >= 0.6 is 11.3 Å². The number of carbonyl (C=O) groups excluding carboxylic acids is 1. The zero-order chi connectivity index (χ0) is 17.3. The molecule has 7 heteroatoms. The molecule has 24 heavy (non-hydrogen) atoms. The molecule has 2 atom stereocenters. The molecule has 2 bridgehead atoms. The molecule has 0 aromatic carbocycles. The summed E-state index contributed by atoms with van der Waals surface area (Å²) in [4.78, 5) is 13.8. The molecule has 2 aliphatic carbocycles. The van der Waals surface area contributed by atoms with Crippen molar-refractivity contribution in [3.05, 3.63) is 39.3 Å². The lowest BCUT2D eigenvalue weighted by Gasteiger charge is -2.37. The van der Waals surface area contributed by atoms with Gasteiger partial charge in [0.15, 0.2) is 5.60 Å². The van der Waals surface area contributed by atoms with Gasteiger partial charge in [-0.2, -0.15) is 5.10 Å². The van der Waals surface area contributed by atoms with Crippen LogP contribution in [0.15, 0.2) is 17.6 Å². The minimum Gasteiger partial charge on any atom is -0.449 e. The van der Waals surface area contributed by atoms with Gasteiger partial charge in [-0.1, -0.05) is 13.8 Å². The molecule has 0 amide bonds. The van der Waals surface area contributed by atoms with Crippen LogP contribution in [0, 0.1) is 5.41 Å². The van der Waals surface area contributed by atoms with Gasteiger partial charge in [0.05, 0.1) is 4.88 Å². The molecule has 2 heterocycles. The number of hydrogen-bond acceptors (Lipinski definition) is 4. The molecule has 4 rings (SSSR count). The largest absolute Gasteiger partial charge is 0.449 e. The minimum absolute atomic E-state index is 0.147. The summed E-state index contributed by atoms with van der Waals surface area (Å²) >= 11 is 1.58. The van der Waals surface area contributed by atoms with E-state index < -0.39 is 23.7 Å². The van der Waals surface area contributed by atoms with Gasteiger partial charge in [-0.3, -0.25) is 4.68 Å². The van der Waals surface area contributed by atoms with Crippen LogP contribution in [0.5, 0.6) is 0 Å². The molecule has 2 aromatic heterocycles. The van der Waals surface area contributed by atoms with E-state index in [1.165, 1.54) is 23.5 Å². The number of thiophene rings is 1. The van der Waals surface area contributed by atoms with Crippen molar-refractivity contribution in [2.45, 2.75) is 44.6 Å². The number of ether oxygens (including phenoxy) is 1. The van der Waals surface area contributed by atoms with E-state index in [0.29, 0.717) is 5.92 Å². The highest BCUT2D eigenvalue weighted by atomic mass is 32.1. The van der Waals surface area contributed by atoms with Crippen molar-refractivity contribution in [3.63, 3.8) is 0 Å². The molecular weight excluding hydrogens is 334 g/mol. The Bertz CT molecular complexity index is 826. The van der Waals surface area contributed by atoms with E-state index in [9.17, 15) is 13.6 Å². The summed E-state index contributed by atoms with van der Waals surface area (Å²) in [5.41, 5.74) is -0.391. The Labute approximate surface area is 142 Å². The third kappa shape index (κ3) is 1.82. The first-order valence-corrected chi connectivity index (χ1v) is 8.79. The average molecular weight is 352 g/mol. The standard InChI is InChI=1S/C17H18F2N2O2S/c1-16(2)11-4-6-17(16,13-9(11)5-7-24-13)23-15(22)10-8-21(3)20-12(10)14(18)19/h5,7-8,11,14H,4,6H2,1-3H3. The van der Waals surface area contributed by atoms with Crippen molar-refractivity contribution in [2.24, 2.45) is 12.5 Å². The molecule has 1 fully saturated rings. The molecule has 0 aliphatic heterocycles. The van der Waals surface area contributed by atoms with Crippen molar-refractivity contribution in [2.75, 3.05) is 0 Å². The van der Waals surface area contributed by atoms with Gasteiger partial charge in [0.1, 0.15) is 11.3 Å². The first-order chi connectivity index (χ1) is 11.3. The Morgan fingerprint density at radius 3 is 2.96 bits per heavy atom. The smallest absolute Gasteiger partial charge is 0.342 e. The van der Waals surface area contributed by atoms with Crippen LogP contribution in [0.1, 0.15) is 65.5 Å². The summed E-state index contributed by atoms with van der Waals surface area (Å²) < 4.78 is 33.5. The van der Waals surface area contributed by atoms with E-state index in [1.54, 1.807) is 11.3 Å². The monoisotopic (exact) mass is 352 g/mol. The normalized spacial score (nSPS) is 26.8. The summed E-state index contributed by atoms with van der Waals surface area (Å²) in [6, 6.07) is 2.09. The summed E-state index contributed by atoms with van der Waals surface area (Å²) in [6.45, 7) is 4.20. The number of alkyl halides is 2. The van der Waals surface area contributed by atoms with Crippen molar-refractivity contribution >= 4 is 17.3 Å². The van der Waals surface area contributed by atoms with E-state index >= 15 is 0 Å². The third-order valence-corrected chi connectivity index (χ3v) is 6.76. The molecule has 0 radical (unpaired) electrons. The third-order valence-electron chi connectivity index (χ3n) is 5.69. The van der Waals surface area contributed by atoms with Gasteiger partial charge in [0, 0.05) is 18.7 Å². The van der Waals surface area contributed by atoms with E-state index in [0.717, 1.165) is 17.7 Å². The Hall–Kier alpha value is -1.76. The van der Waals surface area contributed by atoms with Crippen LogP contribution in [0.25, 0.3) is 0 Å². The predicted octanol–water partition coefficient (Wildman–Crippen LogP) is 4.39. The van der Waals surface area contributed by atoms with E-state index in [1.807, 2.05) is 5.38 Å². The first-order valence-electron chi connectivity index (χ1n) is 7.91. The molecule has 0 saturated heterocycles. The molecule has 2 unspecified atom stereocenters. The molecular formula is C17H18F2N2O2S. The molecule has 0 N–H and O–H groups in total. The fraction of sp³-hybridized carbons (Fsp3) is 0.529. The van der Waals surface area contributed by atoms with Crippen LogP contribution in [0.2, 0.25) is 0 Å². The number of rotatable bonds is 3. The van der Waals surface area contributed by atoms with Crippen LogP contribution in [0.3, 0.4) is 0 Å². The molecule has 0 spiro atoms. The van der Waals surface area contributed by atoms with Gasteiger partial charge >= 0.3 is 5.97 Å². The van der Waals surface area contributed by atoms with E-state index in [-0.39, 0.29) is 11.0 Å². The number of fused-ring (bicyclic) bond motifs is 5. The molecule has 128 valence electrons. The number of halogens is 2. The molecule has 2 aromatic rings. The van der Waals surface area contributed by atoms with Crippen molar-refractivity contribution < 1.29 is 18.3 Å². The summed E-state index contributed by atoms with van der Waals surface area (Å²) in [5.74, 6) is -0.372. The van der Waals surface area contributed by atoms with Gasteiger partial charge in [-0.15, -0.1) is 11.3 Å². The van der Waals surface area contributed by atoms with E-state index in [2.05, 4.69) is 25.0 Å². The van der Waals surface area contributed by atoms with Crippen molar-refractivity contribution in [1.82, 2.24) is 9.78 Å². The maximum atomic E-state index is 13.2. The van der Waals surface area contributed by atoms with Gasteiger partial charge in [-0.25, -0.2) is 13.6 Å². The number of carbonyl (C=O) groups is 1. The molecule has 2 aliphatic rings. The van der Waals surface area contributed by atoms with Crippen LogP contribution in [0.4, 0.5) is 8.78 Å². The minimum atomic E-state index is -2.81. The zero-order valence-electron chi connectivity index (χ0n) is 13.7. The maximum Gasteiger partial charge on any atom is 0.342 e. The average Bonchev–Trinajstić information content (AvgIpc) is 3.20. The lowest BCUT2D eigenvalue weighted by atomic mass is 9.77. The Balaban J connectivity index is 1.74. The fourth-order valence-corrected chi connectivity index (χ4v) is 5.74. The topological polar surface area (TPSA) is 44.1 Å². The molecule has 1 saturated carbocycles. The molecule has 4 nitrogen and oxygen atoms in total. The summed E-state index contributed by atoms with van der Waals surface area (Å²) in [6.07, 6.45) is 0.174. The van der Waals surface area contributed by atoms with Gasteiger partial charge < -0.3 is 4.74 Å². The van der Waals surface area contributed by atoms with Gasteiger partial charge in [0.2, 0.25) is 0 Å². The lowest BCUT2D eigenvalue weighted by molar-refractivity contribution is -0.0666. The van der Waals surface area contributed by atoms with E-state index in [4.69, 9.17) is 4.74 Å². The second kappa shape index (κ2) is 4.88. The maximum absolute atomic E-state index is 13.2. The zero-order valence-corrected chi connectivity index (χ0v) is 14.5. The van der Waals surface area contributed by atoms with Crippen molar-refractivity contribution in [1.29, 1.82) is 0 Å². The summed E-state index contributed by atoms with van der Waals surface area (Å²) in [7, 11) is 1.52. The van der Waals surface area contributed by atoms with Gasteiger partial charge in [0.25, 0.3) is 6.43 Å². The van der Waals surface area contributed by atoms with Crippen LogP contribution in [-0.4, -0.2) is 15.7 Å². The highest BCUT2D eigenvalue weighted by Gasteiger charge is 2.65. The number of aromatic nitrogens is 2. The highest BCUT2D eigenvalue weighted by molar-refractivity contribution is 7.10. The summed E-state index contributed by atoms with van der Waals surface area (Å²) in [5, 5.41) is 5.71. The SMILES string of the molecule is Cn1cc(C(=O)OC23CCC(c4ccsc42)C3(C)C)c(C(F)F)n1. The second-order valence-electron chi connectivity index (χ2n) is 7.14. The number of aryl methyl sites for hydroxylation is 1. The second-order valence-corrected chi connectivity index (χ2v) is 8.05. The number of hydrogen-bond donors (Lipinski definition) is 0. The Kier molecular flexibility index (Phi) is 3.20. The lowest BCUT2D eigenvalue weighted by Crippen LogP contribution is -2.39. The highest BCUT2D eigenvalue weighted by Crippen LogP contribution is 2.69. The number of esters is 1. The van der Waals surface area contributed by atoms with Gasteiger partial charge in [-0.05, 0) is 35.8 Å². The quantitative estimate of drug-likeness (QED) is 0.770. The van der Waals surface area contributed by atoms with Crippen LogP contribution in [-0.2, 0) is 17.4 Å². The fourth-order valence-electron chi connectivity index (χ4n) is 4.45. The van der Waals surface area contributed by atoms with Crippen molar-refractivity contribution in [3.8, 4) is 0 Å². The Morgan fingerprint density at radius 1 is 1.50 bits per heavy atom.